The van der Waals surface area contributed by atoms with Crippen LogP contribution >= 0.6 is 0 Å². The standard InChI is InChI=1S/C34H34F2N6O2.C2H6/c1-2-23-25(35)9-8-20-16-22(43)17-24(27(20)23)30-29(36)31-28-26(38-30)7-3-6-21-18-37-12-15-42(21)32(28)40-33(39-31)44-19-34-10-4-13-41(34)14-5-11-34;1-2/h1,8-9,16-17,21,37,43H,3-7,10-15,18-19H2;1-2H3/t21-;/m1./s1. The second-order valence-electron chi connectivity index (χ2n) is 12.6. The van der Waals surface area contributed by atoms with Gasteiger partial charge in [-0.25, -0.2) is 13.8 Å². The van der Waals surface area contributed by atoms with Gasteiger partial charge in [-0.1, -0.05) is 25.8 Å². The third kappa shape index (κ3) is 5.01. The summed E-state index contributed by atoms with van der Waals surface area (Å²) in [5, 5.41) is 15.5. The molecule has 0 bridgehead atoms. The van der Waals surface area contributed by atoms with Crippen molar-refractivity contribution < 1.29 is 18.6 Å². The van der Waals surface area contributed by atoms with E-state index in [9.17, 15) is 9.50 Å². The zero-order valence-electron chi connectivity index (χ0n) is 26.5. The molecule has 1 atom stereocenters. The third-order valence-electron chi connectivity index (χ3n) is 10.1. The first-order chi connectivity index (χ1) is 22.5. The van der Waals surface area contributed by atoms with E-state index in [1.165, 1.54) is 24.3 Å². The van der Waals surface area contributed by atoms with Crippen molar-refractivity contribution >= 4 is 27.5 Å². The average molecular weight is 627 g/mol. The third-order valence-corrected chi connectivity index (χ3v) is 10.1. The highest BCUT2D eigenvalue weighted by Gasteiger charge is 2.45. The molecule has 3 saturated heterocycles. The van der Waals surface area contributed by atoms with Crippen LogP contribution in [0.25, 0.3) is 32.9 Å². The maximum absolute atomic E-state index is 17.0. The van der Waals surface area contributed by atoms with Crippen LogP contribution in [0.15, 0.2) is 24.3 Å². The number of hydrogen-bond acceptors (Lipinski definition) is 8. The topological polar surface area (TPSA) is 86.6 Å². The van der Waals surface area contributed by atoms with E-state index in [0.29, 0.717) is 40.7 Å². The molecule has 3 fully saturated rings. The summed E-state index contributed by atoms with van der Waals surface area (Å²) in [6.45, 7) is 8.92. The molecular formula is C36H40F2N6O2. The number of phenols is 1. The molecule has 2 N–H and O–H groups in total. The minimum atomic E-state index is -0.676. The summed E-state index contributed by atoms with van der Waals surface area (Å²) in [5.41, 5.74) is 0.951. The van der Waals surface area contributed by atoms with Crippen LogP contribution in [0.5, 0.6) is 11.8 Å². The number of aromatic hydroxyl groups is 1. The molecule has 4 aromatic rings. The van der Waals surface area contributed by atoms with Gasteiger partial charge in [-0.2, -0.15) is 9.97 Å². The van der Waals surface area contributed by atoms with Crippen molar-refractivity contribution in [2.75, 3.05) is 44.2 Å². The number of pyridine rings is 1. The molecule has 4 aliphatic heterocycles. The van der Waals surface area contributed by atoms with Gasteiger partial charge in [-0.3, -0.25) is 4.90 Å². The van der Waals surface area contributed by atoms with Gasteiger partial charge in [0.25, 0.3) is 0 Å². The Labute approximate surface area is 268 Å². The number of nitrogens with one attached hydrogen (secondary N) is 1. The highest BCUT2D eigenvalue weighted by molar-refractivity contribution is 6.03. The summed E-state index contributed by atoms with van der Waals surface area (Å²) in [4.78, 5) is 19.3. The van der Waals surface area contributed by atoms with E-state index in [2.05, 4.69) is 21.0 Å². The molecule has 0 amide bonds. The van der Waals surface area contributed by atoms with Crippen LogP contribution in [-0.2, 0) is 6.42 Å². The van der Waals surface area contributed by atoms with Crippen molar-refractivity contribution in [2.45, 2.75) is 70.4 Å². The molecule has 8 nitrogen and oxygen atoms in total. The Morgan fingerprint density at radius 2 is 1.87 bits per heavy atom. The lowest BCUT2D eigenvalue weighted by atomic mass is 9.94. The number of anilines is 1. The van der Waals surface area contributed by atoms with Crippen LogP contribution < -0.4 is 15.0 Å². The summed E-state index contributed by atoms with van der Waals surface area (Å²) in [6.07, 6.45) is 12.5. The Bertz CT molecular complexity index is 1850. The number of aromatic nitrogens is 3. The van der Waals surface area contributed by atoms with Gasteiger partial charge in [-0.05, 0) is 81.6 Å². The maximum atomic E-state index is 17.0. The van der Waals surface area contributed by atoms with Crippen molar-refractivity contribution in [3.63, 3.8) is 0 Å². The number of rotatable bonds is 4. The first-order valence-corrected chi connectivity index (χ1v) is 16.6. The number of terminal acetylenes is 1. The summed E-state index contributed by atoms with van der Waals surface area (Å²) in [5.74, 6) is 1.70. The number of piperazine rings is 1. The lowest BCUT2D eigenvalue weighted by Crippen LogP contribution is -2.52. The predicted molar refractivity (Wildman–Crippen MR) is 176 cm³/mol. The second kappa shape index (κ2) is 12.3. The maximum Gasteiger partial charge on any atom is 0.319 e. The number of hydrogen-bond donors (Lipinski definition) is 2. The lowest BCUT2D eigenvalue weighted by Gasteiger charge is -2.39. The van der Waals surface area contributed by atoms with Crippen molar-refractivity contribution in [2.24, 2.45) is 0 Å². The van der Waals surface area contributed by atoms with E-state index in [-0.39, 0.29) is 45.7 Å². The highest BCUT2D eigenvalue weighted by atomic mass is 19.1. The zero-order valence-corrected chi connectivity index (χ0v) is 26.5. The molecule has 4 aliphatic rings. The van der Waals surface area contributed by atoms with Crippen molar-refractivity contribution in [3.05, 3.63) is 47.2 Å². The monoisotopic (exact) mass is 626 g/mol. The molecule has 0 aliphatic carbocycles. The van der Waals surface area contributed by atoms with Gasteiger partial charge in [0.2, 0.25) is 0 Å². The number of ether oxygens (including phenoxy) is 1. The van der Waals surface area contributed by atoms with Crippen LogP contribution in [-0.4, -0.2) is 75.9 Å². The van der Waals surface area contributed by atoms with Gasteiger partial charge in [0.1, 0.15) is 35.2 Å². The normalized spacial score (nSPS) is 20.3. The summed E-state index contributed by atoms with van der Waals surface area (Å²) in [7, 11) is 0. The van der Waals surface area contributed by atoms with Crippen LogP contribution in [0, 0.1) is 24.0 Å². The molecule has 8 rings (SSSR count). The molecule has 0 radical (unpaired) electrons. The minimum absolute atomic E-state index is 0.00513. The van der Waals surface area contributed by atoms with Crippen molar-refractivity contribution in [1.82, 2.24) is 25.2 Å². The minimum Gasteiger partial charge on any atom is -0.508 e. The Kier molecular flexibility index (Phi) is 8.16. The van der Waals surface area contributed by atoms with E-state index in [4.69, 9.17) is 26.1 Å². The molecule has 10 heteroatoms. The Balaban J connectivity index is 0.00000166. The molecule has 0 unspecified atom stereocenters. The fourth-order valence-corrected chi connectivity index (χ4v) is 8.05. The van der Waals surface area contributed by atoms with E-state index >= 15 is 4.39 Å². The predicted octanol–water partition coefficient (Wildman–Crippen LogP) is 5.96. The van der Waals surface area contributed by atoms with Gasteiger partial charge in [-0.15, -0.1) is 6.42 Å². The number of phenolic OH excluding ortho intramolecular Hbond substituents is 1. The Morgan fingerprint density at radius 1 is 1.07 bits per heavy atom. The summed E-state index contributed by atoms with van der Waals surface area (Å²) < 4.78 is 38.3. The molecule has 0 spiro atoms. The first kappa shape index (κ1) is 30.6. The quantitative estimate of drug-likeness (QED) is 0.269. The Morgan fingerprint density at radius 3 is 2.65 bits per heavy atom. The fraction of sp³-hybridized carbons (Fsp3) is 0.472. The summed E-state index contributed by atoms with van der Waals surface area (Å²) >= 11 is 0. The number of aryl methyl sites for hydroxylation is 1. The van der Waals surface area contributed by atoms with E-state index < -0.39 is 11.6 Å². The smallest absolute Gasteiger partial charge is 0.319 e. The second-order valence-corrected chi connectivity index (χ2v) is 12.6. The van der Waals surface area contributed by atoms with Gasteiger partial charge in [0.05, 0.1) is 22.2 Å². The van der Waals surface area contributed by atoms with Gasteiger partial charge in [0.15, 0.2) is 5.82 Å². The van der Waals surface area contributed by atoms with Crippen molar-refractivity contribution in [1.29, 1.82) is 0 Å². The molecule has 2 aromatic heterocycles. The van der Waals surface area contributed by atoms with Gasteiger partial charge in [0, 0.05) is 36.6 Å². The number of nitrogens with zero attached hydrogens (tertiary/aromatic N) is 5. The average Bonchev–Trinajstić information content (AvgIpc) is 3.65. The van der Waals surface area contributed by atoms with Gasteiger partial charge >= 0.3 is 6.01 Å². The largest absolute Gasteiger partial charge is 0.508 e. The number of fused-ring (bicyclic) bond motifs is 4. The van der Waals surface area contributed by atoms with Crippen LogP contribution in [0.3, 0.4) is 0 Å². The number of benzene rings is 2. The highest BCUT2D eigenvalue weighted by Crippen LogP contribution is 2.42. The van der Waals surface area contributed by atoms with E-state index in [1.54, 1.807) is 0 Å². The number of halogens is 2. The molecule has 2 aromatic carbocycles. The summed E-state index contributed by atoms with van der Waals surface area (Å²) in [6, 6.07) is 6.03. The fourth-order valence-electron chi connectivity index (χ4n) is 8.05. The SMILES string of the molecule is C#Cc1c(F)ccc2cc(O)cc(-c3nc4c5c(nc(OCC67CCCN6CCC7)nc5c3F)N3CCNC[C@H]3CCC4)c12.CC. The molecule has 0 saturated carbocycles. The zero-order chi connectivity index (χ0) is 32.0. The van der Waals surface area contributed by atoms with Crippen LogP contribution in [0.2, 0.25) is 0 Å². The van der Waals surface area contributed by atoms with Crippen molar-refractivity contribution in [3.8, 4) is 35.4 Å². The van der Waals surface area contributed by atoms with Crippen LogP contribution in [0.1, 0.15) is 63.6 Å². The molecular weight excluding hydrogens is 586 g/mol. The molecule has 240 valence electrons. The van der Waals surface area contributed by atoms with Gasteiger partial charge < -0.3 is 20.1 Å². The van der Waals surface area contributed by atoms with E-state index in [1.807, 2.05) is 13.8 Å². The molecule has 6 heterocycles. The van der Waals surface area contributed by atoms with E-state index in [0.717, 1.165) is 71.2 Å². The lowest BCUT2D eigenvalue weighted by molar-refractivity contribution is 0.108. The van der Waals surface area contributed by atoms with Crippen LogP contribution in [0.4, 0.5) is 14.6 Å². The molecule has 46 heavy (non-hydrogen) atoms. The Hall–Kier alpha value is -4.07. The first-order valence-electron chi connectivity index (χ1n) is 16.6.